The molecule has 0 aromatic carbocycles. The highest BCUT2D eigenvalue weighted by Gasteiger charge is 2.25. The molecule has 0 bridgehead atoms. The number of aromatic nitrogens is 3. The van der Waals surface area contributed by atoms with Crippen LogP contribution in [0.2, 0.25) is 0 Å². The molecule has 0 saturated carbocycles. The molecule has 1 atom stereocenters. The summed E-state index contributed by atoms with van der Waals surface area (Å²) in [5.41, 5.74) is -0.183. The number of fused-ring (bicyclic) bond motifs is 1. The number of rotatable bonds is 3. The van der Waals surface area contributed by atoms with Crippen LogP contribution in [-0.4, -0.2) is 34.0 Å². The Morgan fingerprint density at radius 2 is 2.25 bits per heavy atom. The lowest BCUT2D eigenvalue weighted by Gasteiger charge is -2.25. The second-order valence-electron chi connectivity index (χ2n) is 4.94. The van der Waals surface area contributed by atoms with Gasteiger partial charge in [0.05, 0.1) is 11.6 Å². The predicted molar refractivity (Wildman–Crippen MR) is 61.2 cm³/mol. The van der Waals surface area contributed by atoms with E-state index in [1.165, 1.54) is 0 Å². The van der Waals surface area contributed by atoms with Gasteiger partial charge >= 0.3 is 0 Å². The smallest absolute Gasteiger partial charge is 0.149 e. The van der Waals surface area contributed by atoms with Crippen LogP contribution in [-0.2, 0) is 17.7 Å². The fourth-order valence-electron chi connectivity index (χ4n) is 1.98. The van der Waals surface area contributed by atoms with E-state index in [9.17, 15) is 0 Å². The summed E-state index contributed by atoms with van der Waals surface area (Å²) in [6.45, 7) is 8.18. The molecule has 1 aromatic heterocycles. The highest BCUT2D eigenvalue weighted by Crippen LogP contribution is 2.20. The first-order valence-electron chi connectivity index (χ1n) is 5.74. The van der Waals surface area contributed by atoms with Gasteiger partial charge in [0.15, 0.2) is 0 Å². The summed E-state index contributed by atoms with van der Waals surface area (Å²) in [7, 11) is 1.73. The van der Waals surface area contributed by atoms with Crippen molar-refractivity contribution in [3.05, 3.63) is 11.6 Å². The normalized spacial score (nSPS) is 20.9. The molecular weight excluding hydrogens is 204 g/mol. The quantitative estimate of drug-likeness (QED) is 0.829. The van der Waals surface area contributed by atoms with Crippen LogP contribution in [0.15, 0.2) is 0 Å². The minimum atomic E-state index is -0.183. The zero-order chi connectivity index (χ0) is 11.8. The summed E-state index contributed by atoms with van der Waals surface area (Å²) in [6, 6.07) is 0.292. The van der Waals surface area contributed by atoms with Crippen LogP contribution < -0.4 is 5.32 Å². The van der Waals surface area contributed by atoms with E-state index in [0.717, 1.165) is 31.2 Å². The summed E-state index contributed by atoms with van der Waals surface area (Å²) in [4.78, 5) is 0. The Morgan fingerprint density at radius 1 is 1.50 bits per heavy atom. The van der Waals surface area contributed by atoms with Crippen molar-refractivity contribution in [3.63, 3.8) is 0 Å². The van der Waals surface area contributed by atoms with Gasteiger partial charge in [0.2, 0.25) is 0 Å². The molecule has 1 aliphatic rings. The van der Waals surface area contributed by atoms with E-state index < -0.39 is 0 Å². The van der Waals surface area contributed by atoms with Crippen LogP contribution in [0, 0.1) is 0 Å². The van der Waals surface area contributed by atoms with Crippen LogP contribution in [0.5, 0.6) is 0 Å². The SMILES string of the molecule is COC(C)(C)Cc1nnc2n1CCNC2C. The van der Waals surface area contributed by atoms with Gasteiger partial charge in [-0.1, -0.05) is 0 Å². The summed E-state index contributed by atoms with van der Waals surface area (Å²) in [6.07, 6.45) is 0.795. The maximum Gasteiger partial charge on any atom is 0.149 e. The lowest BCUT2D eigenvalue weighted by Crippen LogP contribution is -2.34. The predicted octanol–water partition coefficient (Wildman–Crippen LogP) is 0.910. The van der Waals surface area contributed by atoms with E-state index in [1.807, 2.05) is 0 Å². The largest absolute Gasteiger partial charge is 0.378 e. The highest BCUT2D eigenvalue weighted by atomic mass is 16.5. The monoisotopic (exact) mass is 224 g/mol. The molecular formula is C11H20N4O. The maximum atomic E-state index is 5.43. The van der Waals surface area contributed by atoms with Crippen molar-refractivity contribution in [1.29, 1.82) is 0 Å². The van der Waals surface area contributed by atoms with Gasteiger partial charge in [-0.15, -0.1) is 10.2 Å². The van der Waals surface area contributed by atoms with Crippen LogP contribution in [0.3, 0.4) is 0 Å². The molecule has 1 aromatic rings. The molecule has 0 spiro atoms. The van der Waals surface area contributed by atoms with Crippen LogP contribution in [0.25, 0.3) is 0 Å². The Hall–Kier alpha value is -0.940. The Kier molecular flexibility index (Phi) is 2.99. The molecule has 1 unspecified atom stereocenters. The third kappa shape index (κ3) is 2.10. The van der Waals surface area contributed by atoms with Crippen LogP contribution >= 0.6 is 0 Å². The van der Waals surface area contributed by atoms with Crippen molar-refractivity contribution >= 4 is 0 Å². The standard InChI is InChI=1S/C11H20N4O/c1-8-10-14-13-9(7-11(2,3)16-4)15(10)6-5-12-8/h8,12H,5-7H2,1-4H3. The van der Waals surface area contributed by atoms with Gasteiger partial charge in [0.25, 0.3) is 0 Å². The number of methoxy groups -OCH3 is 1. The van der Waals surface area contributed by atoms with Crippen molar-refractivity contribution < 1.29 is 4.74 Å². The summed E-state index contributed by atoms with van der Waals surface area (Å²) < 4.78 is 7.64. The summed E-state index contributed by atoms with van der Waals surface area (Å²) in [5.74, 6) is 2.06. The molecule has 2 rings (SSSR count). The molecule has 0 radical (unpaired) electrons. The molecule has 0 fully saturated rings. The number of hydrogen-bond donors (Lipinski definition) is 1. The first-order chi connectivity index (χ1) is 7.53. The Labute approximate surface area is 96.2 Å². The molecule has 0 amide bonds. The lowest BCUT2D eigenvalue weighted by atomic mass is 10.0. The molecule has 16 heavy (non-hydrogen) atoms. The van der Waals surface area contributed by atoms with Crippen LogP contribution in [0.4, 0.5) is 0 Å². The minimum Gasteiger partial charge on any atom is -0.378 e. The minimum absolute atomic E-state index is 0.183. The van der Waals surface area contributed by atoms with Crippen molar-refractivity contribution in [2.75, 3.05) is 13.7 Å². The number of nitrogens with zero attached hydrogens (tertiary/aromatic N) is 3. The molecule has 2 heterocycles. The van der Waals surface area contributed by atoms with Gasteiger partial charge in [-0.3, -0.25) is 0 Å². The molecule has 0 aliphatic carbocycles. The molecule has 90 valence electrons. The second-order valence-corrected chi connectivity index (χ2v) is 4.94. The average Bonchev–Trinajstić information content (AvgIpc) is 2.63. The molecule has 5 heteroatoms. The van der Waals surface area contributed by atoms with Crippen LogP contribution in [0.1, 0.15) is 38.5 Å². The number of hydrogen-bond acceptors (Lipinski definition) is 4. The van der Waals surface area contributed by atoms with Gasteiger partial charge in [0, 0.05) is 26.6 Å². The fraction of sp³-hybridized carbons (Fsp3) is 0.818. The first kappa shape index (κ1) is 11.5. The Morgan fingerprint density at radius 3 is 2.94 bits per heavy atom. The van der Waals surface area contributed by atoms with Gasteiger partial charge in [-0.25, -0.2) is 0 Å². The first-order valence-corrected chi connectivity index (χ1v) is 5.74. The highest BCUT2D eigenvalue weighted by molar-refractivity contribution is 5.05. The van der Waals surface area contributed by atoms with E-state index in [4.69, 9.17) is 4.74 Å². The maximum absolute atomic E-state index is 5.43. The van der Waals surface area contributed by atoms with Gasteiger partial charge < -0.3 is 14.6 Å². The Balaban J connectivity index is 2.23. The zero-order valence-electron chi connectivity index (χ0n) is 10.4. The number of nitrogens with one attached hydrogen (secondary N) is 1. The van der Waals surface area contributed by atoms with Crippen molar-refractivity contribution in [2.45, 2.75) is 45.4 Å². The van der Waals surface area contributed by atoms with E-state index in [2.05, 4.69) is 40.9 Å². The summed E-state index contributed by atoms with van der Waals surface area (Å²) in [5, 5.41) is 11.9. The topological polar surface area (TPSA) is 52.0 Å². The summed E-state index contributed by atoms with van der Waals surface area (Å²) >= 11 is 0. The van der Waals surface area contributed by atoms with Gasteiger partial charge in [-0.2, -0.15) is 0 Å². The van der Waals surface area contributed by atoms with E-state index in [1.54, 1.807) is 7.11 Å². The third-order valence-corrected chi connectivity index (χ3v) is 3.17. The van der Waals surface area contributed by atoms with Gasteiger partial charge in [0.1, 0.15) is 11.6 Å². The van der Waals surface area contributed by atoms with E-state index in [0.29, 0.717) is 6.04 Å². The van der Waals surface area contributed by atoms with Crippen molar-refractivity contribution in [2.24, 2.45) is 0 Å². The van der Waals surface area contributed by atoms with Crippen molar-refractivity contribution in [3.8, 4) is 0 Å². The second kappa shape index (κ2) is 4.14. The molecule has 1 aliphatic heterocycles. The van der Waals surface area contributed by atoms with Gasteiger partial charge in [-0.05, 0) is 20.8 Å². The lowest BCUT2D eigenvalue weighted by molar-refractivity contribution is 0.0207. The van der Waals surface area contributed by atoms with E-state index >= 15 is 0 Å². The zero-order valence-corrected chi connectivity index (χ0v) is 10.4. The average molecular weight is 224 g/mol. The fourth-order valence-corrected chi connectivity index (χ4v) is 1.98. The molecule has 5 nitrogen and oxygen atoms in total. The Bertz CT molecular complexity index is 372. The molecule has 1 N–H and O–H groups in total. The van der Waals surface area contributed by atoms with E-state index in [-0.39, 0.29) is 5.60 Å². The molecule has 0 saturated heterocycles. The van der Waals surface area contributed by atoms with Crippen molar-refractivity contribution in [1.82, 2.24) is 20.1 Å². The third-order valence-electron chi connectivity index (χ3n) is 3.17. The number of ether oxygens (including phenoxy) is 1.